The largest absolute Gasteiger partial charge is 0.454 e. The number of nitrogens with one attached hydrogen (secondary N) is 1. The molecule has 0 saturated heterocycles. The van der Waals surface area contributed by atoms with E-state index in [1.165, 1.54) is 6.92 Å². The number of ether oxygens (including phenoxy) is 2. The summed E-state index contributed by atoms with van der Waals surface area (Å²) in [7, 11) is 0. The van der Waals surface area contributed by atoms with Crippen LogP contribution in [-0.2, 0) is 0 Å². The first-order valence-electron chi connectivity index (χ1n) is 6.07. The third kappa shape index (κ3) is 3.76. The number of hydrogen-bond acceptors (Lipinski definition) is 3. The van der Waals surface area contributed by atoms with Crippen LogP contribution in [0.3, 0.4) is 0 Å². The first kappa shape index (κ1) is 14.0. The Hall–Kier alpha value is -1.43. The molecule has 0 saturated carbocycles. The molecule has 2 atom stereocenters. The lowest BCUT2D eigenvalue weighted by Crippen LogP contribution is -2.33. The van der Waals surface area contributed by atoms with Gasteiger partial charge in [0.15, 0.2) is 11.5 Å². The van der Waals surface area contributed by atoms with E-state index in [0.29, 0.717) is 11.5 Å². The molecule has 1 aliphatic heterocycles. The lowest BCUT2D eigenvalue weighted by Gasteiger charge is -2.21. The van der Waals surface area contributed by atoms with Crippen molar-refractivity contribution in [3.63, 3.8) is 0 Å². The van der Waals surface area contributed by atoms with Crippen LogP contribution < -0.4 is 14.8 Å². The molecular formula is C13H16F3NO2. The van der Waals surface area contributed by atoms with Gasteiger partial charge in [0, 0.05) is 12.1 Å². The number of alkyl halides is 3. The number of fused-ring (bicyclic) bond motifs is 1. The van der Waals surface area contributed by atoms with E-state index in [0.717, 1.165) is 5.56 Å². The van der Waals surface area contributed by atoms with Crippen LogP contribution in [0.15, 0.2) is 18.2 Å². The second-order valence-corrected chi connectivity index (χ2v) is 4.72. The molecule has 1 N–H and O–H groups in total. The van der Waals surface area contributed by atoms with Crippen LogP contribution in [0.5, 0.6) is 11.5 Å². The Kier molecular flexibility index (Phi) is 3.89. The normalized spacial score (nSPS) is 17.3. The van der Waals surface area contributed by atoms with Gasteiger partial charge in [0.2, 0.25) is 6.79 Å². The Balaban J connectivity index is 1.98. The van der Waals surface area contributed by atoms with Gasteiger partial charge < -0.3 is 14.8 Å². The van der Waals surface area contributed by atoms with Crippen LogP contribution >= 0.6 is 0 Å². The minimum atomic E-state index is -4.15. The van der Waals surface area contributed by atoms with Crippen LogP contribution in [-0.4, -0.2) is 19.0 Å². The van der Waals surface area contributed by atoms with Gasteiger partial charge in [-0.15, -0.1) is 0 Å². The molecule has 1 heterocycles. The minimum Gasteiger partial charge on any atom is -0.454 e. The molecule has 106 valence electrons. The summed E-state index contributed by atoms with van der Waals surface area (Å²) in [6.07, 6.45) is -5.00. The highest BCUT2D eigenvalue weighted by atomic mass is 19.4. The van der Waals surface area contributed by atoms with Crippen molar-refractivity contribution in [2.45, 2.75) is 38.5 Å². The smallest absolute Gasteiger partial charge is 0.390 e. The van der Waals surface area contributed by atoms with Gasteiger partial charge in [0.1, 0.15) is 0 Å². The van der Waals surface area contributed by atoms with Crippen LogP contribution in [0.2, 0.25) is 0 Å². The lowest BCUT2D eigenvalue weighted by atomic mass is 10.1. The van der Waals surface area contributed by atoms with Gasteiger partial charge in [0.05, 0.1) is 6.42 Å². The van der Waals surface area contributed by atoms with Crippen molar-refractivity contribution >= 4 is 0 Å². The Labute approximate surface area is 109 Å². The summed E-state index contributed by atoms with van der Waals surface area (Å²) < 4.78 is 47.2. The van der Waals surface area contributed by atoms with E-state index in [-0.39, 0.29) is 12.8 Å². The molecule has 1 aromatic carbocycles. The topological polar surface area (TPSA) is 30.5 Å². The molecule has 19 heavy (non-hydrogen) atoms. The SMILES string of the molecule is CC(CC(F)(F)F)NC(C)c1ccc2c(c1)OCO2. The van der Waals surface area contributed by atoms with Gasteiger partial charge in [-0.05, 0) is 31.5 Å². The summed E-state index contributed by atoms with van der Waals surface area (Å²) in [5, 5.41) is 2.93. The molecule has 1 aromatic rings. The summed E-state index contributed by atoms with van der Waals surface area (Å²) in [4.78, 5) is 0. The number of rotatable bonds is 4. The Morgan fingerprint density at radius 2 is 1.89 bits per heavy atom. The molecule has 6 heteroatoms. The molecular weight excluding hydrogens is 259 g/mol. The Bertz CT molecular complexity index is 448. The van der Waals surface area contributed by atoms with Crippen molar-refractivity contribution < 1.29 is 22.6 Å². The van der Waals surface area contributed by atoms with Crippen molar-refractivity contribution in [2.24, 2.45) is 0 Å². The summed E-state index contributed by atoms with van der Waals surface area (Å²) >= 11 is 0. The first-order chi connectivity index (χ1) is 8.85. The first-order valence-corrected chi connectivity index (χ1v) is 6.07. The maximum absolute atomic E-state index is 12.3. The van der Waals surface area contributed by atoms with Gasteiger partial charge in [-0.25, -0.2) is 0 Å². The van der Waals surface area contributed by atoms with Crippen LogP contribution in [0.4, 0.5) is 13.2 Å². The van der Waals surface area contributed by atoms with E-state index in [9.17, 15) is 13.2 Å². The lowest BCUT2D eigenvalue weighted by molar-refractivity contribution is -0.139. The highest BCUT2D eigenvalue weighted by molar-refractivity contribution is 5.45. The van der Waals surface area contributed by atoms with Crippen molar-refractivity contribution in [1.29, 1.82) is 0 Å². The maximum atomic E-state index is 12.3. The number of halogens is 3. The Morgan fingerprint density at radius 1 is 1.21 bits per heavy atom. The van der Waals surface area contributed by atoms with Crippen molar-refractivity contribution in [2.75, 3.05) is 6.79 Å². The Morgan fingerprint density at radius 3 is 2.58 bits per heavy atom. The summed E-state index contributed by atoms with van der Waals surface area (Å²) in [5.41, 5.74) is 0.873. The second-order valence-electron chi connectivity index (χ2n) is 4.72. The standard InChI is InChI=1S/C13H16F3NO2/c1-8(6-13(14,15)16)17-9(2)10-3-4-11-12(5-10)19-7-18-11/h3-5,8-9,17H,6-7H2,1-2H3. The maximum Gasteiger partial charge on any atom is 0.390 e. The van der Waals surface area contributed by atoms with Gasteiger partial charge in [-0.1, -0.05) is 6.07 Å². The fourth-order valence-corrected chi connectivity index (χ4v) is 2.11. The molecule has 3 nitrogen and oxygen atoms in total. The molecule has 0 radical (unpaired) electrons. The van der Waals surface area contributed by atoms with Crippen molar-refractivity contribution in [1.82, 2.24) is 5.32 Å². The van der Waals surface area contributed by atoms with E-state index >= 15 is 0 Å². The zero-order valence-corrected chi connectivity index (χ0v) is 10.8. The molecule has 0 fully saturated rings. The molecule has 0 amide bonds. The van der Waals surface area contributed by atoms with E-state index in [2.05, 4.69) is 5.32 Å². The van der Waals surface area contributed by atoms with Gasteiger partial charge in [0.25, 0.3) is 0 Å². The fourth-order valence-electron chi connectivity index (χ4n) is 2.11. The van der Waals surface area contributed by atoms with Crippen LogP contribution in [0, 0.1) is 0 Å². The van der Waals surface area contributed by atoms with Gasteiger partial charge >= 0.3 is 6.18 Å². The average molecular weight is 275 g/mol. The summed E-state index contributed by atoms with van der Waals surface area (Å²) in [6, 6.07) is 4.56. The van der Waals surface area contributed by atoms with E-state index in [1.807, 2.05) is 13.0 Å². The third-order valence-electron chi connectivity index (χ3n) is 2.97. The summed E-state index contributed by atoms with van der Waals surface area (Å²) in [6.45, 7) is 3.53. The fraction of sp³-hybridized carbons (Fsp3) is 0.538. The molecule has 0 aromatic heterocycles. The van der Waals surface area contributed by atoms with Crippen LogP contribution in [0.25, 0.3) is 0 Å². The van der Waals surface area contributed by atoms with E-state index in [1.54, 1.807) is 12.1 Å². The molecule has 0 bridgehead atoms. The molecule has 0 spiro atoms. The molecule has 0 aliphatic carbocycles. The molecule has 2 unspecified atom stereocenters. The van der Waals surface area contributed by atoms with Gasteiger partial charge in [-0.2, -0.15) is 13.2 Å². The highest BCUT2D eigenvalue weighted by Crippen LogP contribution is 2.34. The van der Waals surface area contributed by atoms with Crippen LogP contribution in [0.1, 0.15) is 31.9 Å². The highest BCUT2D eigenvalue weighted by Gasteiger charge is 2.30. The molecule has 2 rings (SSSR count). The average Bonchev–Trinajstić information content (AvgIpc) is 2.72. The zero-order valence-electron chi connectivity index (χ0n) is 10.8. The second kappa shape index (κ2) is 5.28. The van der Waals surface area contributed by atoms with E-state index < -0.39 is 18.6 Å². The summed E-state index contributed by atoms with van der Waals surface area (Å²) in [5.74, 6) is 1.30. The van der Waals surface area contributed by atoms with Crippen molar-refractivity contribution in [3.05, 3.63) is 23.8 Å². The predicted molar refractivity (Wildman–Crippen MR) is 64.2 cm³/mol. The van der Waals surface area contributed by atoms with Crippen molar-refractivity contribution in [3.8, 4) is 11.5 Å². The predicted octanol–water partition coefficient (Wildman–Crippen LogP) is 3.41. The monoisotopic (exact) mass is 275 g/mol. The minimum absolute atomic E-state index is 0.186. The zero-order chi connectivity index (χ0) is 14.0. The number of hydrogen-bond donors (Lipinski definition) is 1. The number of benzene rings is 1. The third-order valence-corrected chi connectivity index (χ3v) is 2.97. The quantitative estimate of drug-likeness (QED) is 0.913. The van der Waals surface area contributed by atoms with Gasteiger partial charge in [-0.3, -0.25) is 0 Å². The van der Waals surface area contributed by atoms with E-state index in [4.69, 9.17) is 9.47 Å². The molecule has 1 aliphatic rings.